The molecule has 0 fully saturated rings. The van der Waals surface area contributed by atoms with Gasteiger partial charge in [-0.2, -0.15) is 0 Å². The van der Waals surface area contributed by atoms with Gasteiger partial charge < -0.3 is 14.4 Å². The third kappa shape index (κ3) is 2.69. The van der Waals surface area contributed by atoms with E-state index in [1.54, 1.807) is 17.7 Å². The summed E-state index contributed by atoms with van der Waals surface area (Å²) >= 11 is 0. The molecule has 4 heteroatoms. The Morgan fingerprint density at radius 1 is 1.32 bits per heavy atom. The van der Waals surface area contributed by atoms with E-state index >= 15 is 0 Å². The van der Waals surface area contributed by atoms with Gasteiger partial charge in [0.15, 0.2) is 0 Å². The van der Waals surface area contributed by atoms with Gasteiger partial charge in [-0.05, 0) is 36.2 Å². The molecule has 0 aliphatic heterocycles. The van der Waals surface area contributed by atoms with Crippen LogP contribution in [0.25, 0.3) is 11.3 Å². The van der Waals surface area contributed by atoms with E-state index in [0.717, 1.165) is 16.8 Å². The molecule has 0 saturated heterocycles. The van der Waals surface area contributed by atoms with E-state index in [0.29, 0.717) is 18.8 Å². The zero-order chi connectivity index (χ0) is 13.8. The number of hydrogen-bond donors (Lipinski definition) is 1. The summed E-state index contributed by atoms with van der Waals surface area (Å²) in [6.07, 6.45) is 0. The van der Waals surface area contributed by atoms with Crippen molar-refractivity contribution in [3.8, 4) is 11.3 Å². The summed E-state index contributed by atoms with van der Waals surface area (Å²) in [7, 11) is 1.66. The third-order valence-electron chi connectivity index (χ3n) is 3.05. The number of carbonyl (C=O) groups is 1. The summed E-state index contributed by atoms with van der Waals surface area (Å²) in [6, 6.07) is 11.4. The third-order valence-corrected chi connectivity index (χ3v) is 3.05. The van der Waals surface area contributed by atoms with Crippen molar-refractivity contribution in [2.24, 2.45) is 0 Å². The van der Waals surface area contributed by atoms with Crippen LogP contribution >= 0.6 is 0 Å². The van der Waals surface area contributed by atoms with Gasteiger partial charge in [-0.1, -0.05) is 18.2 Å². The average Bonchev–Trinajstić information content (AvgIpc) is 2.83. The second kappa shape index (κ2) is 5.71. The lowest BCUT2D eigenvalue weighted by Gasteiger charge is -2.10. The first-order valence-electron chi connectivity index (χ1n) is 6.18. The second-order valence-electron chi connectivity index (χ2n) is 4.29. The normalized spacial score (nSPS) is 10.6. The number of aromatic carboxylic acids is 1. The number of carboxylic acids is 1. The zero-order valence-electron chi connectivity index (χ0n) is 11.1. The average molecular weight is 259 g/mol. The Bertz CT molecular complexity index is 587. The quantitative estimate of drug-likeness (QED) is 0.898. The summed E-state index contributed by atoms with van der Waals surface area (Å²) in [5.74, 6) is -0.902. The van der Waals surface area contributed by atoms with Crippen molar-refractivity contribution >= 4 is 5.97 Å². The standard InChI is InChI=1S/C15H17NO3/c1-3-16-13(7-8-14(16)15(17)18)12-6-4-5-11(9-12)10-19-2/h4-9H,3,10H2,1-2H3,(H,17,18). The lowest BCUT2D eigenvalue weighted by atomic mass is 10.1. The van der Waals surface area contributed by atoms with Crippen LogP contribution in [0.15, 0.2) is 36.4 Å². The predicted molar refractivity (Wildman–Crippen MR) is 73.2 cm³/mol. The van der Waals surface area contributed by atoms with Crippen molar-refractivity contribution in [2.75, 3.05) is 7.11 Å². The molecule has 100 valence electrons. The molecule has 1 heterocycles. The number of rotatable bonds is 5. The molecule has 19 heavy (non-hydrogen) atoms. The van der Waals surface area contributed by atoms with Crippen LogP contribution < -0.4 is 0 Å². The number of benzene rings is 1. The fourth-order valence-corrected chi connectivity index (χ4v) is 2.23. The first-order chi connectivity index (χ1) is 9.17. The van der Waals surface area contributed by atoms with Crippen LogP contribution in [-0.4, -0.2) is 22.8 Å². The molecule has 0 atom stereocenters. The molecule has 0 amide bonds. The number of aromatic nitrogens is 1. The van der Waals surface area contributed by atoms with Gasteiger partial charge in [0.05, 0.1) is 6.61 Å². The molecule has 0 unspecified atom stereocenters. The highest BCUT2D eigenvalue weighted by atomic mass is 16.5. The minimum atomic E-state index is -0.902. The molecule has 0 aliphatic rings. The van der Waals surface area contributed by atoms with Crippen molar-refractivity contribution in [1.82, 2.24) is 4.57 Å². The highest BCUT2D eigenvalue weighted by Gasteiger charge is 2.13. The molecule has 1 aromatic heterocycles. The Morgan fingerprint density at radius 3 is 2.74 bits per heavy atom. The molecule has 0 saturated carbocycles. The zero-order valence-corrected chi connectivity index (χ0v) is 11.1. The van der Waals surface area contributed by atoms with E-state index in [1.807, 2.05) is 37.3 Å². The minimum absolute atomic E-state index is 0.314. The minimum Gasteiger partial charge on any atom is -0.477 e. The molecule has 0 spiro atoms. The number of ether oxygens (including phenoxy) is 1. The maximum absolute atomic E-state index is 11.2. The van der Waals surface area contributed by atoms with Crippen molar-refractivity contribution < 1.29 is 14.6 Å². The van der Waals surface area contributed by atoms with Crippen molar-refractivity contribution in [3.63, 3.8) is 0 Å². The molecule has 0 radical (unpaired) electrons. The number of hydrogen-bond acceptors (Lipinski definition) is 2. The van der Waals surface area contributed by atoms with E-state index in [2.05, 4.69) is 0 Å². The maximum Gasteiger partial charge on any atom is 0.352 e. The van der Waals surface area contributed by atoms with E-state index in [9.17, 15) is 4.79 Å². The van der Waals surface area contributed by atoms with E-state index in [-0.39, 0.29) is 0 Å². The first kappa shape index (κ1) is 13.4. The van der Waals surface area contributed by atoms with Crippen LogP contribution in [0.3, 0.4) is 0 Å². The van der Waals surface area contributed by atoms with Gasteiger partial charge in [0.1, 0.15) is 5.69 Å². The smallest absolute Gasteiger partial charge is 0.352 e. The van der Waals surface area contributed by atoms with E-state index in [1.165, 1.54) is 0 Å². The summed E-state index contributed by atoms with van der Waals surface area (Å²) in [5.41, 5.74) is 3.30. The van der Waals surface area contributed by atoms with Gasteiger partial charge in [-0.25, -0.2) is 4.79 Å². The van der Waals surface area contributed by atoms with Gasteiger partial charge in [0.25, 0.3) is 0 Å². The highest BCUT2D eigenvalue weighted by molar-refractivity contribution is 5.87. The molecular formula is C15H17NO3. The summed E-state index contributed by atoms with van der Waals surface area (Å²) in [4.78, 5) is 11.2. The predicted octanol–water partition coefficient (Wildman–Crippen LogP) is 3.02. The Balaban J connectivity index is 2.46. The highest BCUT2D eigenvalue weighted by Crippen LogP contribution is 2.24. The molecule has 1 aromatic carbocycles. The summed E-state index contributed by atoms with van der Waals surface area (Å²) in [5, 5.41) is 9.15. The first-order valence-corrected chi connectivity index (χ1v) is 6.18. The van der Waals surface area contributed by atoms with Crippen LogP contribution in [0, 0.1) is 0 Å². The molecule has 2 rings (SSSR count). The van der Waals surface area contributed by atoms with Gasteiger partial charge in [0, 0.05) is 19.3 Å². The molecule has 4 nitrogen and oxygen atoms in total. The topological polar surface area (TPSA) is 51.5 Å². The number of methoxy groups -OCH3 is 1. The van der Waals surface area contributed by atoms with Crippen molar-refractivity contribution in [3.05, 3.63) is 47.7 Å². The number of nitrogens with zero attached hydrogens (tertiary/aromatic N) is 1. The number of carboxylic acid groups (broad SMARTS) is 1. The summed E-state index contributed by atoms with van der Waals surface area (Å²) in [6.45, 7) is 3.11. The largest absolute Gasteiger partial charge is 0.477 e. The maximum atomic E-state index is 11.2. The van der Waals surface area contributed by atoms with E-state index < -0.39 is 5.97 Å². The Hall–Kier alpha value is -2.07. The molecular weight excluding hydrogens is 242 g/mol. The SMILES string of the molecule is CCn1c(C(=O)O)ccc1-c1cccc(COC)c1. The van der Waals surface area contributed by atoms with Crippen LogP contribution in [0.4, 0.5) is 0 Å². The Kier molecular flexibility index (Phi) is 4.02. The van der Waals surface area contributed by atoms with Crippen LogP contribution in [0.5, 0.6) is 0 Å². The van der Waals surface area contributed by atoms with Gasteiger partial charge in [0.2, 0.25) is 0 Å². The fraction of sp³-hybridized carbons (Fsp3) is 0.267. The van der Waals surface area contributed by atoms with Crippen LogP contribution in [0.1, 0.15) is 23.0 Å². The van der Waals surface area contributed by atoms with E-state index in [4.69, 9.17) is 9.84 Å². The molecule has 1 N–H and O–H groups in total. The fourth-order valence-electron chi connectivity index (χ4n) is 2.23. The molecule has 0 aliphatic carbocycles. The van der Waals surface area contributed by atoms with Crippen molar-refractivity contribution in [2.45, 2.75) is 20.1 Å². The Morgan fingerprint density at radius 2 is 2.11 bits per heavy atom. The van der Waals surface area contributed by atoms with Gasteiger partial charge in [-0.3, -0.25) is 0 Å². The van der Waals surface area contributed by atoms with Gasteiger partial charge in [-0.15, -0.1) is 0 Å². The molecule has 2 aromatic rings. The van der Waals surface area contributed by atoms with Crippen LogP contribution in [-0.2, 0) is 17.9 Å². The monoisotopic (exact) mass is 259 g/mol. The lowest BCUT2D eigenvalue weighted by molar-refractivity contribution is 0.0685. The molecule has 0 bridgehead atoms. The second-order valence-corrected chi connectivity index (χ2v) is 4.29. The summed E-state index contributed by atoms with van der Waals surface area (Å²) < 4.78 is 6.92. The Labute approximate surface area is 112 Å². The van der Waals surface area contributed by atoms with Crippen LogP contribution in [0.2, 0.25) is 0 Å². The van der Waals surface area contributed by atoms with Gasteiger partial charge >= 0.3 is 5.97 Å². The van der Waals surface area contributed by atoms with Crippen molar-refractivity contribution in [1.29, 1.82) is 0 Å². The lowest BCUT2D eigenvalue weighted by Crippen LogP contribution is -2.08.